The van der Waals surface area contributed by atoms with Crippen molar-refractivity contribution in [1.82, 2.24) is 15.6 Å². The lowest BCUT2D eigenvalue weighted by atomic mass is 10.2. The van der Waals surface area contributed by atoms with E-state index in [0.717, 1.165) is 24.9 Å². The zero-order valence-corrected chi connectivity index (χ0v) is 10.6. The Morgan fingerprint density at radius 3 is 3.28 bits per heavy atom. The number of hydrogen-bond donors (Lipinski definition) is 2. The molecule has 2 rings (SSSR count). The molecule has 5 heteroatoms. The second-order valence-electron chi connectivity index (χ2n) is 4.27. The van der Waals surface area contributed by atoms with Crippen LogP contribution in [0.2, 0.25) is 0 Å². The number of amides is 1. The molecule has 98 valence electrons. The maximum atomic E-state index is 11.9. The fourth-order valence-electron chi connectivity index (χ4n) is 2.04. The number of nitrogens with one attached hydrogen (secondary N) is 2. The van der Waals surface area contributed by atoms with Crippen molar-refractivity contribution in [3.05, 3.63) is 23.9 Å². The van der Waals surface area contributed by atoms with Gasteiger partial charge < -0.3 is 15.4 Å². The molecule has 1 aliphatic heterocycles. The molecule has 1 atom stereocenters. The molecular formula is C13H19N3O2. The van der Waals surface area contributed by atoms with Crippen LogP contribution in [0.25, 0.3) is 0 Å². The first-order valence-electron chi connectivity index (χ1n) is 6.39. The topological polar surface area (TPSA) is 63.2 Å². The average molecular weight is 249 g/mol. The Kier molecular flexibility index (Phi) is 4.52. The van der Waals surface area contributed by atoms with Crippen LogP contribution in [-0.4, -0.2) is 30.1 Å². The van der Waals surface area contributed by atoms with Crippen molar-refractivity contribution in [2.24, 2.45) is 0 Å². The van der Waals surface area contributed by atoms with E-state index in [4.69, 9.17) is 4.74 Å². The third kappa shape index (κ3) is 3.20. The van der Waals surface area contributed by atoms with Gasteiger partial charge in [0.05, 0.1) is 12.6 Å². The van der Waals surface area contributed by atoms with Crippen molar-refractivity contribution in [3.63, 3.8) is 0 Å². The molecule has 1 aromatic rings. The van der Waals surface area contributed by atoms with Gasteiger partial charge in [-0.1, -0.05) is 6.07 Å². The summed E-state index contributed by atoms with van der Waals surface area (Å²) in [6, 6.07) is 3.72. The third-order valence-electron chi connectivity index (χ3n) is 2.96. The molecule has 18 heavy (non-hydrogen) atoms. The van der Waals surface area contributed by atoms with Crippen LogP contribution in [0.5, 0.6) is 5.88 Å². The first kappa shape index (κ1) is 12.8. The van der Waals surface area contributed by atoms with E-state index in [0.29, 0.717) is 19.0 Å². The molecule has 2 heterocycles. The molecule has 0 aromatic carbocycles. The molecule has 0 aliphatic carbocycles. The summed E-state index contributed by atoms with van der Waals surface area (Å²) in [5.74, 6) is 0.651. The van der Waals surface area contributed by atoms with Gasteiger partial charge in [0.1, 0.15) is 0 Å². The van der Waals surface area contributed by atoms with Gasteiger partial charge in [0, 0.05) is 18.3 Å². The summed E-state index contributed by atoms with van der Waals surface area (Å²) >= 11 is 0. The second kappa shape index (κ2) is 6.35. The minimum Gasteiger partial charge on any atom is -0.478 e. The number of rotatable bonds is 5. The van der Waals surface area contributed by atoms with Crippen LogP contribution < -0.4 is 15.4 Å². The number of nitrogens with zero attached hydrogens (tertiary/aromatic N) is 1. The maximum absolute atomic E-state index is 11.9. The smallest absolute Gasteiger partial charge is 0.237 e. The SMILES string of the molecule is CCOc1ncccc1CNC(=O)C1CCCN1. The summed E-state index contributed by atoms with van der Waals surface area (Å²) in [6.45, 7) is 3.87. The summed E-state index contributed by atoms with van der Waals surface area (Å²) in [5.41, 5.74) is 0.908. The highest BCUT2D eigenvalue weighted by Crippen LogP contribution is 2.14. The Hall–Kier alpha value is -1.62. The van der Waals surface area contributed by atoms with Crippen LogP contribution >= 0.6 is 0 Å². The molecule has 2 N–H and O–H groups in total. The van der Waals surface area contributed by atoms with Crippen molar-refractivity contribution in [2.75, 3.05) is 13.2 Å². The van der Waals surface area contributed by atoms with Crippen LogP contribution in [0.15, 0.2) is 18.3 Å². The minimum absolute atomic E-state index is 0.0442. The van der Waals surface area contributed by atoms with Crippen LogP contribution in [0.1, 0.15) is 25.3 Å². The lowest BCUT2D eigenvalue weighted by molar-refractivity contribution is -0.122. The van der Waals surface area contributed by atoms with Crippen molar-refractivity contribution >= 4 is 5.91 Å². The Labute approximate surface area is 107 Å². The fraction of sp³-hybridized carbons (Fsp3) is 0.538. The molecule has 1 amide bonds. The Balaban J connectivity index is 1.90. The Morgan fingerprint density at radius 2 is 2.56 bits per heavy atom. The monoisotopic (exact) mass is 249 g/mol. The van der Waals surface area contributed by atoms with E-state index in [9.17, 15) is 4.79 Å². The Morgan fingerprint density at radius 1 is 1.67 bits per heavy atom. The molecule has 1 unspecified atom stereocenters. The minimum atomic E-state index is -0.0442. The van der Waals surface area contributed by atoms with Gasteiger partial charge in [-0.15, -0.1) is 0 Å². The molecule has 0 saturated carbocycles. The molecule has 0 spiro atoms. The predicted octanol–water partition coefficient (Wildman–Crippen LogP) is 0.848. The Bertz CT molecular complexity index is 403. The number of aromatic nitrogens is 1. The van der Waals surface area contributed by atoms with Gasteiger partial charge in [0.2, 0.25) is 11.8 Å². The second-order valence-corrected chi connectivity index (χ2v) is 4.27. The predicted molar refractivity (Wildman–Crippen MR) is 68.3 cm³/mol. The number of carbonyl (C=O) groups excluding carboxylic acids is 1. The average Bonchev–Trinajstić information content (AvgIpc) is 2.92. The zero-order chi connectivity index (χ0) is 12.8. The number of hydrogen-bond acceptors (Lipinski definition) is 4. The summed E-state index contributed by atoms with van der Waals surface area (Å²) in [5, 5.41) is 6.09. The van der Waals surface area contributed by atoms with Gasteiger partial charge in [-0.2, -0.15) is 0 Å². The van der Waals surface area contributed by atoms with Gasteiger partial charge in [-0.3, -0.25) is 4.79 Å². The zero-order valence-electron chi connectivity index (χ0n) is 10.6. The van der Waals surface area contributed by atoms with Crippen molar-refractivity contribution < 1.29 is 9.53 Å². The van der Waals surface area contributed by atoms with E-state index in [1.54, 1.807) is 6.20 Å². The standard InChI is InChI=1S/C13H19N3O2/c1-2-18-13-10(5-3-8-15-13)9-16-12(17)11-6-4-7-14-11/h3,5,8,11,14H,2,4,6-7,9H2,1H3,(H,16,17). The van der Waals surface area contributed by atoms with Crippen molar-refractivity contribution in [3.8, 4) is 5.88 Å². The highest BCUT2D eigenvalue weighted by atomic mass is 16.5. The van der Waals surface area contributed by atoms with E-state index < -0.39 is 0 Å². The number of pyridine rings is 1. The van der Waals surface area contributed by atoms with E-state index >= 15 is 0 Å². The molecule has 1 aromatic heterocycles. The lowest BCUT2D eigenvalue weighted by Gasteiger charge is -2.12. The molecular weight excluding hydrogens is 230 g/mol. The first-order chi connectivity index (χ1) is 8.81. The molecule has 1 aliphatic rings. The van der Waals surface area contributed by atoms with E-state index in [1.807, 2.05) is 19.1 Å². The van der Waals surface area contributed by atoms with Crippen LogP contribution in [0.3, 0.4) is 0 Å². The van der Waals surface area contributed by atoms with Gasteiger partial charge >= 0.3 is 0 Å². The van der Waals surface area contributed by atoms with Crippen molar-refractivity contribution in [2.45, 2.75) is 32.4 Å². The van der Waals surface area contributed by atoms with Gasteiger partial charge in [0.25, 0.3) is 0 Å². The van der Waals surface area contributed by atoms with E-state index in [1.165, 1.54) is 0 Å². The summed E-state index contributed by atoms with van der Waals surface area (Å²) in [6.07, 6.45) is 3.67. The highest BCUT2D eigenvalue weighted by Gasteiger charge is 2.21. The van der Waals surface area contributed by atoms with E-state index in [-0.39, 0.29) is 11.9 Å². The maximum Gasteiger partial charge on any atom is 0.237 e. The van der Waals surface area contributed by atoms with Gasteiger partial charge in [-0.05, 0) is 32.4 Å². The largest absolute Gasteiger partial charge is 0.478 e. The summed E-state index contributed by atoms with van der Waals surface area (Å²) in [4.78, 5) is 16.0. The summed E-state index contributed by atoms with van der Waals surface area (Å²) < 4.78 is 5.42. The molecule has 5 nitrogen and oxygen atoms in total. The first-order valence-corrected chi connectivity index (χ1v) is 6.39. The highest BCUT2D eigenvalue weighted by molar-refractivity contribution is 5.82. The molecule has 1 fully saturated rings. The van der Waals surface area contributed by atoms with Gasteiger partial charge in [0.15, 0.2) is 0 Å². The summed E-state index contributed by atoms with van der Waals surface area (Å²) in [7, 11) is 0. The normalized spacial score (nSPS) is 18.6. The van der Waals surface area contributed by atoms with Crippen LogP contribution in [0, 0.1) is 0 Å². The quantitative estimate of drug-likeness (QED) is 0.812. The molecule has 0 radical (unpaired) electrons. The fourth-order valence-corrected chi connectivity index (χ4v) is 2.04. The lowest BCUT2D eigenvalue weighted by Crippen LogP contribution is -2.40. The van der Waals surface area contributed by atoms with E-state index in [2.05, 4.69) is 15.6 Å². The van der Waals surface area contributed by atoms with Crippen LogP contribution in [0.4, 0.5) is 0 Å². The number of carbonyl (C=O) groups is 1. The van der Waals surface area contributed by atoms with Crippen molar-refractivity contribution in [1.29, 1.82) is 0 Å². The third-order valence-corrected chi connectivity index (χ3v) is 2.96. The van der Waals surface area contributed by atoms with Gasteiger partial charge in [-0.25, -0.2) is 4.98 Å². The van der Waals surface area contributed by atoms with Crippen LogP contribution in [-0.2, 0) is 11.3 Å². The molecule has 0 bridgehead atoms. The molecule has 1 saturated heterocycles. The number of ether oxygens (including phenoxy) is 1.